The summed E-state index contributed by atoms with van der Waals surface area (Å²) in [5, 5.41) is 0. The number of sulfonamides is 1. The van der Waals surface area contributed by atoms with Crippen LogP contribution in [0.5, 0.6) is 0 Å². The van der Waals surface area contributed by atoms with Gasteiger partial charge in [0, 0.05) is 6.54 Å². The molecule has 0 aliphatic carbocycles. The Bertz CT molecular complexity index is 501. The van der Waals surface area contributed by atoms with Gasteiger partial charge >= 0.3 is 0 Å². The van der Waals surface area contributed by atoms with Crippen molar-refractivity contribution in [1.29, 1.82) is 0 Å². The van der Waals surface area contributed by atoms with Gasteiger partial charge in [-0.2, -0.15) is 0 Å². The smallest absolute Gasteiger partial charge is 0.242 e. The zero-order chi connectivity index (χ0) is 15.6. The highest BCUT2D eigenvalue weighted by molar-refractivity contribution is 7.89. The molecular formula is C16H28N2O2S. The van der Waals surface area contributed by atoms with Gasteiger partial charge in [-0.1, -0.05) is 64.0 Å². The van der Waals surface area contributed by atoms with Crippen molar-refractivity contribution in [3.63, 3.8) is 0 Å². The maximum atomic E-state index is 12.1. The number of nitrogen functional groups attached to an aromatic ring is 1. The minimum absolute atomic E-state index is 0.171. The fraction of sp³-hybridized carbons (Fsp3) is 0.625. The van der Waals surface area contributed by atoms with Gasteiger partial charge in [-0.05, 0) is 18.6 Å². The van der Waals surface area contributed by atoms with E-state index in [-0.39, 0.29) is 4.90 Å². The lowest BCUT2D eigenvalue weighted by atomic mass is 10.1. The summed E-state index contributed by atoms with van der Waals surface area (Å²) in [4.78, 5) is 0.171. The molecule has 0 bridgehead atoms. The van der Waals surface area contributed by atoms with Crippen LogP contribution in [0.25, 0.3) is 0 Å². The average molecular weight is 312 g/mol. The molecule has 4 nitrogen and oxygen atoms in total. The maximum absolute atomic E-state index is 12.1. The number of unbranched alkanes of at least 4 members (excludes halogenated alkanes) is 7. The first kappa shape index (κ1) is 18.0. The second-order valence-electron chi connectivity index (χ2n) is 5.41. The molecule has 120 valence electrons. The molecule has 1 aromatic rings. The van der Waals surface area contributed by atoms with E-state index in [1.54, 1.807) is 18.2 Å². The minimum Gasteiger partial charge on any atom is -0.398 e. The maximum Gasteiger partial charge on any atom is 0.242 e. The first-order chi connectivity index (χ1) is 10.1. The van der Waals surface area contributed by atoms with Crippen molar-refractivity contribution < 1.29 is 8.42 Å². The third-order valence-electron chi connectivity index (χ3n) is 3.53. The summed E-state index contributed by atoms with van der Waals surface area (Å²) >= 11 is 0. The number of nitrogens with two attached hydrogens (primary N) is 1. The summed E-state index contributed by atoms with van der Waals surface area (Å²) in [5.41, 5.74) is 5.99. The first-order valence-electron chi connectivity index (χ1n) is 7.92. The number of hydrogen-bond acceptors (Lipinski definition) is 3. The molecule has 0 heterocycles. The molecule has 0 atom stereocenters. The average Bonchev–Trinajstić information content (AvgIpc) is 2.46. The van der Waals surface area contributed by atoms with E-state index in [1.807, 2.05) is 0 Å². The molecule has 0 saturated carbocycles. The van der Waals surface area contributed by atoms with Gasteiger partial charge < -0.3 is 5.73 Å². The van der Waals surface area contributed by atoms with Crippen LogP contribution in [-0.2, 0) is 10.0 Å². The van der Waals surface area contributed by atoms with Gasteiger partial charge in [-0.25, -0.2) is 13.1 Å². The Balaban J connectivity index is 2.19. The summed E-state index contributed by atoms with van der Waals surface area (Å²) in [5.74, 6) is 0. The summed E-state index contributed by atoms with van der Waals surface area (Å²) in [6, 6.07) is 6.55. The van der Waals surface area contributed by atoms with Crippen molar-refractivity contribution >= 4 is 15.7 Å². The van der Waals surface area contributed by atoms with Crippen molar-refractivity contribution in [3.8, 4) is 0 Å². The van der Waals surface area contributed by atoms with E-state index in [9.17, 15) is 8.42 Å². The predicted octanol–water partition coefficient (Wildman–Crippen LogP) is 3.69. The van der Waals surface area contributed by atoms with Crippen LogP contribution in [0.3, 0.4) is 0 Å². The normalized spacial score (nSPS) is 11.7. The summed E-state index contributed by atoms with van der Waals surface area (Å²) in [6.45, 7) is 2.69. The Hall–Kier alpha value is -1.07. The molecule has 0 spiro atoms. The molecule has 0 radical (unpaired) electrons. The fourth-order valence-electron chi connectivity index (χ4n) is 2.27. The molecule has 0 fully saturated rings. The Morgan fingerprint density at radius 2 is 1.52 bits per heavy atom. The Kier molecular flexibility index (Phi) is 8.38. The molecule has 1 aromatic carbocycles. The van der Waals surface area contributed by atoms with Gasteiger partial charge in [0.2, 0.25) is 10.0 Å². The summed E-state index contributed by atoms with van der Waals surface area (Å²) in [6.07, 6.45) is 9.56. The number of benzene rings is 1. The standard InChI is InChI=1S/C16H28N2O2S/c1-2-3-4-5-6-7-8-11-14-18-21(19,20)16-13-10-9-12-15(16)17/h9-10,12-13,18H,2-8,11,14,17H2,1H3. The number of nitrogens with one attached hydrogen (secondary N) is 1. The molecular weight excluding hydrogens is 284 g/mol. The highest BCUT2D eigenvalue weighted by Gasteiger charge is 2.15. The first-order valence-corrected chi connectivity index (χ1v) is 9.40. The van der Waals surface area contributed by atoms with E-state index in [4.69, 9.17) is 5.73 Å². The van der Waals surface area contributed by atoms with E-state index in [0.29, 0.717) is 12.2 Å². The number of anilines is 1. The Morgan fingerprint density at radius 1 is 0.952 bits per heavy atom. The molecule has 0 saturated heterocycles. The van der Waals surface area contributed by atoms with Crippen LogP contribution in [-0.4, -0.2) is 15.0 Å². The molecule has 5 heteroatoms. The van der Waals surface area contributed by atoms with Crippen molar-refractivity contribution in [2.75, 3.05) is 12.3 Å². The topological polar surface area (TPSA) is 72.2 Å². The highest BCUT2D eigenvalue weighted by atomic mass is 32.2. The van der Waals surface area contributed by atoms with Crippen LogP contribution in [0.4, 0.5) is 5.69 Å². The zero-order valence-corrected chi connectivity index (χ0v) is 13.8. The Morgan fingerprint density at radius 3 is 2.14 bits per heavy atom. The molecule has 3 N–H and O–H groups in total. The number of para-hydroxylation sites is 1. The van der Waals surface area contributed by atoms with E-state index >= 15 is 0 Å². The molecule has 0 unspecified atom stereocenters. The summed E-state index contributed by atoms with van der Waals surface area (Å²) in [7, 11) is -3.47. The molecule has 0 aromatic heterocycles. The molecule has 1 rings (SSSR count). The lowest BCUT2D eigenvalue weighted by Gasteiger charge is -2.08. The van der Waals surface area contributed by atoms with Gasteiger partial charge in [-0.15, -0.1) is 0 Å². The van der Waals surface area contributed by atoms with Gasteiger partial charge in [0.1, 0.15) is 4.90 Å². The quantitative estimate of drug-likeness (QED) is 0.483. The van der Waals surface area contributed by atoms with Crippen LogP contribution in [0.15, 0.2) is 29.2 Å². The number of hydrogen-bond donors (Lipinski definition) is 2. The van der Waals surface area contributed by atoms with Gasteiger partial charge in [0.05, 0.1) is 5.69 Å². The van der Waals surface area contributed by atoms with E-state index in [1.165, 1.54) is 44.6 Å². The van der Waals surface area contributed by atoms with Crippen molar-refractivity contribution in [2.24, 2.45) is 0 Å². The molecule has 21 heavy (non-hydrogen) atoms. The lowest BCUT2D eigenvalue weighted by molar-refractivity contribution is 0.559. The van der Waals surface area contributed by atoms with Crippen molar-refractivity contribution in [3.05, 3.63) is 24.3 Å². The van der Waals surface area contributed by atoms with Gasteiger partial charge in [-0.3, -0.25) is 0 Å². The third kappa shape index (κ3) is 6.96. The van der Waals surface area contributed by atoms with Crippen LogP contribution in [0.1, 0.15) is 58.3 Å². The lowest BCUT2D eigenvalue weighted by Crippen LogP contribution is -2.25. The predicted molar refractivity (Wildman–Crippen MR) is 88.7 cm³/mol. The minimum atomic E-state index is -3.47. The summed E-state index contributed by atoms with van der Waals surface area (Å²) < 4.78 is 26.8. The molecule has 0 aliphatic heterocycles. The monoisotopic (exact) mass is 312 g/mol. The van der Waals surface area contributed by atoms with Crippen LogP contribution < -0.4 is 10.5 Å². The van der Waals surface area contributed by atoms with E-state index in [2.05, 4.69) is 11.6 Å². The van der Waals surface area contributed by atoms with Crippen LogP contribution >= 0.6 is 0 Å². The zero-order valence-electron chi connectivity index (χ0n) is 13.0. The highest BCUT2D eigenvalue weighted by Crippen LogP contribution is 2.16. The van der Waals surface area contributed by atoms with Crippen LogP contribution in [0, 0.1) is 0 Å². The molecule has 0 amide bonds. The van der Waals surface area contributed by atoms with E-state index in [0.717, 1.165) is 12.8 Å². The number of rotatable bonds is 11. The third-order valence-corrected chi connectivity index (χ3v) is 5.07. The largest absolute Gasteiger partial charge is 0.398 e. The SMILES string of the molecule is CCCCCCCCCCNS(=O)(=O)c1ccccc1N. The second kappa shape index (κ2) is 9.79. The molecule has 0 aliphatic rings. The second-order valence-corrected chi connectivity index (χ2v) is 7.15. The van der Waals surface area contributed by atoms with Crippen molar-refractivity contribution in [1.82, 2.24) is 4.72 Å². The van der Waals surface area contributed by atoms with Gasteiger partial charge in [0.15, 0.2) is 0 Å². The van der Waals surface area contributed by atoms with E-state index < -0.39 is 10.0 Å². The fourth-order valence-corrected chi connectivity index (χ4v) is 3.47. The van der Waals surface area contributed by atoms with Gasteiger partial charge in [0.25, 0.3) is 0 Å². The van der Waals surface area contributed by atoms with Crippen LogP contribution in [0.2, 0.25) is 0 Å². The Labute approximate surface area is 129 Å². The van der Waals surface area contributed by atoms with Crippen molar-refractivity contribution in [2.45, 2.75) is 63.2 Å².